The first-order chi connectivity index (χ1) is 33.4. The van der Waals surface area contributed by atoms with Gasteiger partial charge in [-0.1, -0.05) is 60.7 Å². The second-order valence-corrected chi connectivity index (χ2v) is 17.0. The van der Waals surface area contributed by atoms with Gasteiger partial charge in [-0.15, -0.1) is 0 Å². The molecule has 0 fully saturated rings. The fourth-order valence-corrected chi connectivity index (χ4v) is 7.24. The lowest BCUT2D eigenvalue weighted by Gasteiger charge is -2.24. The topological polar surface area (TPSA) is 241 Å². The Balaban J connectivity index is 2.18. The zero-order chi connectivity index (χ0) is 50.3. The molecule has 2 aromatic carbocycles. The Hall–Kier alpha value is -5.81. The zero-order valence-corrected chi connectivity index (χ0v) is 40.9. The van der Waals surface area contributed by atoms with Crippen LogP contribution in [0.4, 0.5) is 0 Å². The van der Waals surface area contributed by atoms with Crippen molar-refractivity contribution < 1.29 is 57.4 Å². The van der Waals surface area contributed by atoms with Crippen molar-refractivity contribution >= 4 is 53.4 Å². The van der Waals surface area contributed by atoms with Crippen LogP contribution in [0.5, 0.6) is 0 Å². The highest BCUT2D eigenvalue weighted by Gasteiger charge is 2.29. The second kappa shape index (κ2) is 38.1. The highest BCUT2D eigenvalue weighted by Crippen LogP contribution is 2.12. The van der Waals surface area contributed by atoms with Crippen molar-refractivity contribution in [1.82, 2.24) is 26.6 Å². The van der Waals surface area contributed by atoms with E-state index in [1.54, 1.807) is 26.4 Å². The van der Waals surface area contributed by atoms with Crippen molar-refractivity contribution in [2.24, 2.45) is 0 Å². The zero-order valence-electron chi connectivity index (χ0n) is 40.9. The van der Waals surface area contributed by atoms with E-state index in [2.05, 4.69) is 26.6 Å². The SMILES string of the molecule is COCCCCCNC(=O)CCC(=O)C(Cc1ccccc1)NC(=O)CCC(NC(=O)CCCCCOC(=O)CCCC=O)C(=O)NC(Cc1ccccc1)C(=O)CCC(=O)NCCCCCOC. The van der Waals surface area contributed by atoms with E-state index in [9.17, 15) is 43.2 Å². The van der Waals surface area contributed by atoms with Gasteiger partial charge >= 0.3 is 5.97 Å². The van der Waals surface area contributed by atoms with Gasteiger partial charge in [0, 0.05) is 91.9 Å². The molecule has 0 radical (unpaired) electrons. The van der Waals surface area contributed by atoms with Crippen LogP contribution in [0, 0.1) is 0 Å². The highest BCUT2D eigenvalue weighted by atomic mass is 16.5. The Kier molecular flexibility index (Phi) is 32.7. The number of carbonyl (C=O) groups excluding carboxylic acids is 9. The van der Waals surface area contributed by atoms with Crippen LogP contribution < -0.4 is 26.6 Å². The summed E-state index contributed by atoms with van der Waals surface area (Å²) in [5.74, 6) is -3.41. The molecule has 0 spiro atoms. The fourth-order valence-electron chi connectivity index (χ4n) is 7.24. The van der Waals surface area contributed by atoms with Crippen LogP contribution in [0.2, 0.25) is 0 Å². The quantitative estimate of drug-likeness (QED) is 0.0345. The summed E-state index contributed by atoms with van der Waals surface area (Å²) in [6.45, 7) is 2.37. The van der Waals surface area contributed by atoms with Crippen LogP contribution in [0.25, 0.3) is 0 Å². The maximum Gasteiger partial charge on any atom is 0.305 e. The Bertz CT molecular complexity index is 1830. The van der Waals surface area contributed by atoms with Gasteiger partial charge in [-0.3, -0.25) is 38.4 Å². The van der Waals surface area contributed by atoms with Gasteiger partial charge in [-0.25, -0.2) is 0 Å². The van der Waals surface area contributed by atoms with Gasteiger partial charge in [0.2, 0.25) is 29.5 Å². The molecular formula is C52H77N5O12. The third kappa shape index (κ3) is 29.6. The number of rotatable bonds is 41. The molecule has 0 aliphatic rings. The Morgan fingerprint density at radius 3 is 1.48 bits per heavy atom. The van der Waals surface area contributed by atoms with Crippen molar-refractivity contribution in [3.05, 3.63) is 71.8 Å². The number of unbranched alkanes of at least 4 members (excludes halogenated alkanes) is 7. The number of esters is 1. The van der Waals surface area contributed by atoms with Crippen molar-refractivity contribution in [2.45, 2.75) is 153 Å². The molecule has 5 N–H and O–H groups in total. The van der Waals surface area contributed by atoms with E-state index in [1.165, 1.54) is 0 Å². The van der Waals surface area contributed by atoms with Gasteiger partial charge in [0.1, 0.15) is 12.3 Å². The Morgan fingerprint density at radius 1 is 0.478 bits per heavy atom. The maximum absolute atomic E-state index is 14.2. The minimum absolute atomic E-state index is 0.0200. The number of carbonyl (C=O) groups is 9. The average molecular weight is 964 g/mol. The van der Waals surface area contributed by atoms with Crippen LogP contribution in [0.15, 0.2) is 60.7 Å². The summed E-state index contributed by atoms with van der Waals surface area (Å²) in [7, 11) is 3.27. The molecule has 0 aliphatic heterocycles. The van der Waals surface area contributed by atoms with Gasteiger partial charge in [-0.2, -0.15) is 0 Å². The number of hydrogen-bond donors (Lipinski definition) is 5. The Labute approximate surface area is 408 Å². The van der Waals surface area contributed by atoms with Crippen LogP contribution in [-0.2, 0) is 70.2 Å². The number of methoxy groups -OCH3 is 2. The lowest BCUT2D eigenvalue weighted by molar-refractivity contribution is -0.144. The van der Waals surface area contributed by atoms with E-state index in [0.717, 1.165) is 55.9 Å². The summed E-state index contributed by atoms with van der Waals surface area (Å²) in [5.41, 5.74) is 1.55. The molecule has 17 heteroatoms. The number of nitrogens with one attached hydrogen (secondary N) is 5. The fraction of sp³-hybridized carbons (Fsp3) is 0.596. The van der Waals surface area contributed by atoms with Gasteiger partial charge in [0.05, 0.1) is 18.7 Å². The van der Waals surface area contributed by atoms with Crippen LogP contribution in [0.1, 0.15) is 133 Å². The van der Waals surface area contributed by atoms with E-state index in [-0.39, 0.29) is 101 Å². The molecule has 0 heterocycles. The lowest BCUT2D eigenvalue weighted by Crippen LogP contribution is -2.52. The average Bonchev–Trinajstić information content (AvgIpc) is 3.34. The molecule has 3 unspecified atom stereocenters. The first-order valence-corrected chi connectivity index (χ1v) is 24.6. The molecule has 0 bridgehead atoms. The molecule has 382 valence electrons. The van der Waals surface area contributed by atoms with E-state index in [1.807, 2.05) is 48.5 Å². The van der Waals surface area contributed by atoms with Gasteiger partial charge < -0.3 is 45.6 Å². The third-order valence-corrected chi connectivity index (χ3v) is 11.2. The van der Waals surface area contributed by atoms with Crippen molar-refractivity contribution in [3.8, 4) is 0 Å². The van der Waals surface area contributed by atoms with Crippen molar-refractivity contribution in [3.63, 3.8) is 0 Å². The van der Waals surface area contributed by atoms with E-state index in [4.69, 9.17) is 14.2 Å². The largest absolute Gasteiger partial charge is 0.466 e. The first-order valence-electron chi connectivity index (χ1n) is 24.6. The predicted octanol–water partition coefficient (Wildman–Crippen LogP) is 4.74. The minimum atomic E-state index is -1.26. The number of ether oxygens (including phenoxy) is 3. The van der Waals surface area contributed by atoms with E-state index >= 15 is 0 Å². The van der Waals surface area contributed by atoms with Gasteiger partial charge in [0.25, 0.3) is 0 Å². The smallest absolute Gasteiger partial charge is 0.305 e. The summed E-state index contributed by atoms with van der Waals surface area (Å²) >= 11 is 0. The molecule has 0 saturated heterocycles. The molecule has 17 nitrogen and oxygen atoms in total. The number of benzene rings is 2. The molecule has 0 aliphatic carbocycles. The number of aldehydes is 1. The summed E-state index contributed by atoms with van der Waals surface area (Å²) < 4.78 is 15.3. The molecule has 69 heavy (non-hydrogen) atoms. The maximum atomic E-state index is 14.2. The predicted molar refractivity (Wildman–Crippen MR) is 261 cm³/mol. The summed E-state index contributed by atoms with van der Waals surface area (Å²) in [5, 5.41) is 14.0. The highest BCUT2D eigenvalue weighted by molar-refractivity contribution is 5.95. The number of Topliss-reactive ketones (excluding diaryl/α,β-unsaturated/α-hetero) is 2. The molecule has 5 amide bonds. The third-order valence-electron chi connectivity index (χ3n) is 11.2. The molecule has 0 aromatic heterocycles. The lowest BCUT2D eigenvalue weighted by atomic mass is 9.98. The van der Waals surface area contributed by atoms with Crippen molar-refractivity contribution in [2.75, 3.05) is 47.1 Å². The summed E-state index contributed by atoms with van der Waals surface area (Å²) in [6, 6.07) is 14.9. The van der Waals surface area contributed by atoms with Gasteiger partial charge in [0.15, 0.2) is 11.6 Å². The monoisotopic (exact) mass is 964 g/mol. The number of ketones is 2. The minimum Gasteiger partial charge on any atom is -0.466 e. The molecule has 0 saturated carbocycles. The molecular weight excluding hydrogens is 887 g/mol. The normalized spacial score (nSPS) is 12.1. The van der Waals surface area contributed by atoms with Crippen LogP contribution >= 0.6 is 0 Å². The molecule has 2 aromatic rings. The molecule has 3 atom stereocenters. The number of amides is 5. The van der Waals surface area contributed by atoms with E-state index < -0.39 is 41.8 Å². The standard InChI is InChI=1S/C52H77N5O12/c1-67-35-17-6-14-32-53-47(61)30-27-45(59)43(38-40-20-8-3-9-21-40)56-50(64)29-26-42(55-49(63)24-12-5-19-37-69-51(65)25-13-16-34-58)52(66)57-44(39-41-22-10-4-11-23-41)46(60)28-31-48(62)54-33-15-7-18-36-68-2/h3-4,8-11,20-23,34,42-44H,5-7,12-19,24-33,35-39H2,1-2H3,(H,53,61)(H,54,62)(H,55,63)(H,56,64)(H,57,66). The van der Waals surface area contributed by atoms with E-state index in [0.29, 0.717) is 52.0 Å². The number of hydrogen-bond acceptors (Lipinski definition) is 12. The van der Waals surface area contributed by atoms with Crippen molar-refractivity contribution in [1.29, 1.82) is 0 Å². The summed E-state index contributed by atoms with van der Waals surface area (Å²) in [6.07, 6.45) is 7.54. The van der Waals surface area contributed by atoms with Crippen LogP contribution in [-0.4, -0.2) is 119 Å². The summed E-state index contributed by atoms with van der Waals surface area (Å²) in [4.78, 5) is 116. The Morgan fingerprint density at radius 2 is 0.957 bits per heavy atom. The van der Waals surface area contributed by atoms with Gasteiger partial charge in [-0.05, 0) is 94.6 Å². The van der Waals surface area contributed by atoms with Crippen LogP contribution in [0.3, 0.4) is 0 Å². The second-order valence-electron chi connectivity index (χ2n) is 17.0. The molecule has 2 rings (SSSR count). The first kappa shape index (κ1) is 59.3.